The molecule has 0 bridgehead atoms. The number of carbonyl (C=O) groups is 1. The first-order chi connectivity index (χ1) is 22.3. The molecule has 3 N–H and O–H groups in total. The summed E-state index contributed by atoms with van der Waals surface area (Å²) in [6.07, 6.45) is 2.20. The van der Waals surface area contributed by atoms with Gasteiger partial charge in [0.1, 0.15) is 29.7 Å². The van der Waals surface area contributed by atoms with Crippen LogP contribution in [0.1, 0.15) is 58.8 Å². The molecule has 0 fully saturated rings. The van der Waals surface area contributed by atoms with Gasteiger partial charge in [0, 0.05) is 12.0 Å². The first-order valence-electron chi connectivity index (χ1n) is 15.8. The van der Waals surface area contributed by atoms with E-state index in [9.17, 15) is 9.36 Å². The fourth-order valence-electron chi connectivity index (χ4n) is 5.30. The molecule has 0 amide bonds. The molecule has 11 nitrogen and oxygen atoms in total. The highest BCUT2D eigenvalue weighted by atomic mass is 31.2. The number of aromatic nitrogens is 3. The van der Waals surface area contributed by atoms with E-state index in [1.807, 2.05) is 79.9 Å². The molecule has 2 aromatic heterocycles. The summed E-state index contributed by atoms with van der Waals surface area (Å²) in [5.74, 6) is 0.746. The van der Waals surface area contributed by atoms with Crippen molar-refractivity contribution in [2.75, 3.05) is 25.6 Å². The van der Waals surface area contributed by atoms with Crippen LogP contribution in [0.4, 0.5) is 5.82 Å². The van der Waals surface area contributed by atoms with E-state index in [-0.39, 0.29) is 25.9 Å². The van der Waals surface area contributed by atoms with Crippen LogP contribution in [0.5, 0.6) is 5.75 Å². The Kier molecular flexibility index (Phi) is 10.9. The molecule has 0 saturated carbocycles. The SMILES string of the molecule is CCCCOC(=O)[C@H](C)N[P@](=O)(OC[C@H](CC)n1c(COCC)nc2c(N)nc3ccccc3c21)Oc1ccc2ccccc2c1. The number of carbonyl (C=O) groups excluding carboxylic acids is 1. The van der Waals surface area contributed by atoms with E-state index in [0.29, 0.717) is 35.9 Å². The standard InChI is InChI=1S/C34H42N5O6P/c1-5-8-19-43-34(40)23(4)38-46(41,45-27-18-17-24-13-9-10-14-25(24)20-27)44-21-26(6-2)39-30(22-42-7-3)37-31-32(39)28-15-11-12-16-29(28)36-33(31)35/h9-18,20,23,26H,5-8,19,21-22H2,1-4H3,(H2,35,36)(H,38,41)/t23-,26-,46-/m0/s1. The average Bonchev–Trinajstić information content (AvgIpc) is 3.44. The second-order valence-electron chi connectivity index (χ2n) is 11.1. The van der Waals surface area contributed by atoms with E-state index in [1.54, 1.807) is 19.1 Å². The number of ether oxygens (including phenoxy) is 2. The summed E-state index contributed by atoms with van der Waals surface area (Å²) in [6, 6.07) is 19.6. The van der Waals surface area contributed by atoms with Crippen LogP contribution in [0.15, 0.2) is 66.7 Å². The lowest BCUT2D eigenvalue weighted by Gasteiger charge is -2.26. The number of fused-ring (bicyclic) bond motifs is 4. The molecule has 0 saturated heterocycles. The van der Waals surface area contributed by atoms with Crippen molar-refractivity contribution >= 4 is 52.2 Å². The quantitative estimate of drug-likeness (QED) is 0.0635. The first kappa shape index (κ1) is 33.3. The van der Waals surface area contributed by atoms with Crippen molar-refractivity contribution in [2.45, 2.75) is 65.6 Å². The fraction of sp³-hybridized carbons (Fsp3) is 0.382. The molecule has 0 aliphatic carbocycles. The monoisotopic (exact) mass is 647 g/mol. The van der Waals surface area contributed by atoms with Gasteiger partial charge in [-0.15, -0.1) is 0 Å². The summed E-state index contributed by atoms with van der Waals surface area (Å²) in [5, 5.41) is 5.61. The maximum Gasteiger partial charge on any atom is 0.459 e. The summed E-state index contributed by atoms with van der Waals surface area (Å²) in [6.45, 7) is 8.49. The lowest BCUT2D eigenvalue weighted by atomic mass is 10.1. The van der Waals surface area contributed by atoms with Crippen LogP contribution in [0.25, 0.3) is 32.7 Å². The van der Waals surface area contributed by atoms with Gasteiger partial charge < -0.3 is 24.3 Å². The Balaban J connectivity index is 1.50. The molecule has 0 spiro atoms. The maximum atomic E-state index is 14.5. The number of hydrogen-bond donors (Lipinski definition) is 2. The van der Waals surface area contributed by atoms with Gasteiger partial charge in [-0.3, -0.25) is 9.32 Å². The molecule has 0 aliphatic heterocycles. The lowest BCUT2D eigenvalue weighted by Crippen LogP contribution is -2.35. The molecule has 5 aromatic rings. The molecule has 5 rings (SSSR count). The van der Waals surface area contributed by atoms with Gasteiger partial charge in [0.25, 0.3) is 0 Å². The molecular weight excluding hydrogens is 605 g/mol. The summed E-state index contributed by atoms with van der Waals surface area (Å²) in [5.41, 5.74) is 8.47. The van der Waals surface area contributed by atoms with Crippen molar-refractivity contribution in [3.05, 3.63) is 72.6 Å². The minimum absolute atomic E-state index is 0.0346. The number of rotatable bonds is 16. The van der Waals surface area contributed by atoms with Crippen LogP contribution in [0.2, 0.25) is 0 Å². The van der Waals surface area contributed by atoms with Crippen molar-refractivity contribution in [2.24, 2.45) is 0 Å². The van der Waals surface area contributed by atoms with E-state index in [1.165, 1.54) is 0 Å². The predicted octanol–water partition coefficient (Wildman–Crippen LogP) is 7.33. The van der Waals surface area contributed by atoms with Gasteiger partial charge in [-0.05, 0) is 55.7 Å². The number of nitrogens with zero attached hydrogens (tertiary/aromatic N) is 3. The second kappa shape index (κ2) is 15.0. The molecule has 12 heteroatoms. The van der Waals surface area contributed by atoms with Gasteiger partial charge in [-0.1, -0.05) is 68.8 Å². The Hall–Kier alpha value is -4.02. The maximum absolute atomic E-state index is 14.5. The summed E-state index contributed by atoms with van der Waals surface area (Å²) in [4.78, 5) is 22.2. The van der Waals surface area contributed by atoms with Gasteiger partial charge in [0.15, 0.2) is 5.82 Å². The summed E-state index contributed by atoms with van der Waals surface area (Å²) >= 11 is 0. The van der Waals surface area contributed by atoms with Gasteiger partial charge in [-0.2, -0.15) is 5.09 Å². The number of imidazole rings is 1. The molecule has 0 unspecified atom stereocenters. The van der Waals surface area contributed by atoms with Crippen LogP contribution in [0, 0.1) is 0 Å². The van der Waals surface area contributed by atoms with E-state index in [2.05, 4.69) is 10.1 Å². The van der Waals surface area contributed by atoms with E-state index in [4.69, 9.17) is 29.2 Å². The molecule has 2 heterocycles. The zero-order valence-corrected chi connectivity index (χ0v) is 27.7. The lowest BCUT2D eigenvalue weighted by molar-refractivity contribution is -0.145. The first-order valence-corrected chi connectivity index (χ1v) is 17.3. The van der Waals surface area contributed by atoms with Crippen molar-refractivity contribution in [3.8, 4) is 5.75 Å². The number of nitrogen functional groups attached to an aromatic ring is 1. The van der Waals surface area contributed by atoms with E-state index in [0.717, 1.165) is 40.0 Å². The number of unbranched alkanes of at least 4 members (excludes halogenated alkanes) is 1. The van der Waals surface area contributed by atoms with Crippen molar-refractivity contribution in [1.82, 2.24) is 19.6 Å². The smallest absolute Gasteiger partial charge is 0.459 e. The molecule has 0 radical (unpaired) electrons. The molecule has 3 atom stereocenters. The third-order valence-corrected chi connectivity index (χ3v) is 9.37. The number of benzene rings is 3. The van der Waals surface area contributed by atoms with E-state index >= 15 is 0 Å². The summed E-state index contributed by atoms with van der Waals surface area (Å²) in [7, 11) is -4.14. The Morgan fingerprint density at radius 1 is 1.02 bits per heavy atom. The number of anilines is 1. The number of hydrogen-bond acceptors (Lipinski definition) is 9. The van der Waals surface area contributed by atoms with Gasteiger partial charge in [0.05, 0.1) is 30.3 Å². The molecule has 244 valence electrons. The normalized spacial score (nSPS) is 14.3. The zero-order chi connectivity index (χ0) is 32.7. The van der Waals surface area contributed by atoms with Gasteiger partial charge >= 0.3 is 13.7 Å². The second-order valence-corrected chi connectivity index (χ2v) is 12.8. The zero-order valence-electron chi connectivity index (χ0n) is 26.8. The summed E-state index contributed by atoms with van der Waals surface area (Å²) < 4.78 is 40.0. The Bertz CT molecular complexity index is 1860. The number of nitrogens with two attached hydrogens (primary N) is 1. The fourth-order valence-corrected chi connectivity index (χ4v) is 6.82. The van der Waals surface area contributed by atoms with Crippen molar-refractivity contribution < 1.29 is 27.9 Å². The highest BCUT2D eigenvalue weighted by Crippen LogP contribution is 2.47. The number of pyridine rings is 1. The molecule has 0 aliphatic rings. The largest absolute Gasteiger partial charge is 0.465 e. The molecular formula is C34H42N5O6P. The minimum Gasteiger partial charge on any atom is -0.465 e. The Labute approximate surface area is 269 Å². The predicted molar refractivity (Wildman–Crippen MR) is 181 cm³/mol. The van der Waals surface area contributed by atoms with Gasteiger partial charge in [0.2, 0.25) is 0 Å². The molecule has 3 aromatic carbocycles. The van der Waals surface area contributed by atoms with Crippen molar-refractivity contribution in [1.29, 1.82) is 0 Å². The number of esters is 1. The minimum atomic E-state index is -4.14. The van der Waals surface area contributed by atoms with Crippen LogP contribution < -0.4 is 15.3 Å². The average molecular weight is 648 g/mol. The number of para-hydroxylation sites is 1. The highest BCUT2D eigenvalue weighted by Gasteiger charge is 2.34. The number of nitrogens with one attached hydrogen (secondary N) is 1. The van der Waals surface area contributed by atoms with Crippen LogP contribution in [-0.2, 0) is 30.0 Å². The van der Waals surface area contributed by atoms with Crippen LogP contribution in [0.3, 0.4) is 0 Å². The van der Waals surface area contributed by atoms with Gasteiger partial charge in [-0.25, -0.2) is 14.5 Å². The topological polar surface area (TPSA) is 140 Å². The van der Waals surface area contributed by atoms with Crippen LogP contribution >= 0.6 is 7.75 Å². The van der Waals surface area contributed by atoms with Crippen molar-refractivity contribution in [3.63, 3.8) is 0 Å². The van der Waals surface area contributed by atoms with E-state index < -0.39 is 19.8 Å². The Morgan fingerprint density at radius 2 is 1.78 bits per heavy atom. The molecule has 46 heavy (non-hydrogen) atoms. The van der Waals surface area contributed by atoms with Crippen LogP contribution in [-0.4, -0.2) is 46.4 Å². The Morgan fingerprint density at radius 3 is 2.54 bits per heavy atom. The third kappa shape index (κ3) is 7.50. The highest BCUT2D eigenvalue weighted by molar-refractivity contribution is 7.52. The third-order valence-electron chi connectivity index (χ3n) is 7.73.